The summed E-state index contributed by atoms with van der Waals surface area (Å²) in [7, 11) is 0. The van der Waals surface area contributed by atoms with Crippen molar-refractivity contribution in [2.24, 2.45) is 5.92 Å². The Labute approximate surface area is 197 Å². The molecule has 0 spiro atoms. The summed E-state index contributed by atoms with van der Waals surface area (Å²) in [5, 5.41) is 2.83. The maximum absolute atomic E-state index is 13.1. The lowest BCUT2D eigenvalue weighted by Crippen LogP contribution is -2.40. The zero-order valence-corrected chi connectivity index (χ0v) is 18.6. The SMILES string of the molecule is O=C(Nc1ccccc1)c1ccc(COC(=O)C2CCN(C(=O)c3ccc(F)cc3)CC2)cc1. The first-order valence-electron chi connectivity index (χ1n) is 11.2. The number of carbonyl (C=O) groups is 3. The summed E-state index contributed by atoms with van der Waals surface area (Å²) in [6.07, 6.45) is 1.04. The Hall–Kier alpha value is -4.00. The fourth-order valence-corrected chi connectivity index (χ4v) is 3.84. The normalized spacial score (nSPS) is 13.9. The number of benzene rings is 3. The van der Waals surface area contributed by atoms with Crippen LogP contribution < -0.4 is 5.32 Å². The number of para-hydroxylation sites is 1. The van der Waals surface area contributed by atoms with Gasteiger partial charge in [0.15, 0.2) is 0 Å². The van der Waals surface area contributed by atoms with Crippen LogP contribution in [0.4, 0.5) is 10.1 Å². The average molecular weight is 461 g/mol. The first-order valence-corrected chi connectivity index (χ1v) is 11.2. The maximum Gasteiger partial charge on any atom is 0.309 e. The highest BCUT2D eigenvalue weighted by atomic mass is 19.1. The van der Waals surface area contributed by atoms with Crippen molar-refractivity contribution in [2.45, 2.75) is 19.4 Å². The van der Waals surface area contributed by atoms with E-state index in [9.17, 15) is 18.8 Å². The third kappa shape index (κ3) is 5.86. The quantitative estimate of drug-likeness (QED) is 0.543. The molecule has 1 aliphatic rings. The molecule has 2 amide bonds. The molecule has 6 nitrogen and oxygen atoms in total. The topological polar surface area (TPSA) is 75.7 Å². The lowest BCUT2D eigenvalue weighted by atomic mass is 9.96. The fraction of sp³-hybridized carbons (Fsp3) is 0.222. The zero-order chi connectivity index (χ0) is 23.9. The summed E-state index contributed by atoms with van der Waals surface area (Å²) in [6.45, 7) is 1.01. The second-order valence-corrected chi connectivity index (χ2v) is 8.20. The van der Waals surface area contributed by atoms with Crippen LogP contribution in [0.15, 0.2) is 78.9 Å². The first kappa shape index (κ1) is 23.2. The van der Waals surface area contributed by atoms with E-state index in [1.165, 1.54) is 24.3 Å². The number of amides is 2. The van der Waals surface area contributed by atoms with E-state index in [1.807, 2.05) is 30.3 Å². The Kier molecular flexibility index (Phi) is 7.32. The zero-order valence-electron chi connectivity index (χ0n) is 18.6. The van der Waals surface area contributed by atoms with Gasteiger partial charge in [-0.25, -0.2) is 4.39 Å². The standard InChI is InChI=1S/C27H25FN2O4/c28-23-12-10-21(11-13-23)26(32)30-16-14-22(15-17-30)27(33)34-18-19-6-8-20(9-7-19)25(31)29-24-4-2-1-3-5-24/h1-13,22H,14-18H2,(H,29,31). The van der Waals surface area contributed by atoms with Crippen molar-refractivity contribution in [3.63, 3.8) is 0 Å². The lowest BCUT2D eigenvalue weighted by Gasteiger charge is -2.31. The molecule has 1 N–H and O–H groups in total. The second kappa shape index (κ2) is 10.7. The average Bonchev–Trinajstić information content (AvgIpc) is 2.88. The number of piperidine rings is 1. The van der Waals surface area contributed by atoms with E-state index in [-0.39, 0.29) is 36.1 Å². The number of carbonyl (C=O) groups excluding carboxylic acids is 3. The molecule has 0 aliphatic carbocycles. The molecule has 3 aromatic carbocycles. The minimum Gasteiger partial charge on any atom is -0.461 e. The van der Waals surface area contributed by atoms with Crippen molar-refractivity contribution < 1.29 is 23.5 Å². The van der Waals surface area contributed by atoms with Crippen molar-refractivity contribution in [1.82, 2.24) is 4.90 Å². The predicted octanol–water partition coefficient (Wildman–Crippen LogP) is 4.67. The molecular formula is C27H25FN2O4. The van der Waals surface area contributed by atoms with Crippen LogP contribution in [0.25, 0.3) is 0 Å². The Bertz CT molecular complexity index is 1140. The van der Waals surface area contributed by atoms with Crippen LogP contribution in [0.5, 0.6) is 0 Å². The van der Waals surface area contributed by atoms with Gasteiger partial charge in [0.25, 0.3) is 11.8 Å². The highest BCUT2D eigenvalue weighted by Crippen LogP contribution is 2.21. The summed E-state index contributed by atoms with van der Waals surface area (Å²) < 4.78 is 18.5. The Balaban J connectivity index is 1.23. The number of hydrogen-bond acceptors (Lipinski definition) is 4. The molecule has 174 valence electrons. The van der Waals surface area contributed by atoms with Gasteiger partial charge in [-0.1, -0.05) is 30.3 Å². The molecule has 34 heavy (non-hydrogen) atoms. The van der Waals surface area contributed by atoms with Crippen molar-refractivity contribution in [1.29, 1.82) is 0 Å². The van der Waals surface area contributed by atoms with Crippen molar-refractivity contribution >= 4 is 23.5 Å². The molecule has 1 fully saturated rings. The van der Waals surface area contributed by atoms with Crippen LogP contribution in [0.1, 0.15) is 39.1 Å². The van der Waals surface area contributed by atoms with Crippen LogP contribution in [0.2, 0.25) is 0 Å². The van der Waals surface area contributed by atoms with Crippen molar-refractivity contribution in [3.05, 3.63) is 101 Å². The molecular weight excluding hydrogens is 435 g/mol. The van der Waals surface area contributed by atoms with Gasteiger partial charge in [-0.15, -0.1) is 0 Å². The van der Waals surface area contributed by atoms with E-state index in [1.54, 1.807) is 29.2 Å². The predicted molar refractivity (Wildman–Crippen MR) is 126 cm³/mol. The molecule has 4 rings (SSSR count). The number of hydrogen-bond donors (Lipinski definition) is 1. The molecule has 0 radical (unpaired) electrons. The summed E-state index contributed by atoms with van der Waals surface area (Å²) in [4.78, 5) is 39.1. The minimum atomic E-state index is -0.386. The molecule has 0 atom stereocenters. The van der Waals surface area contributed by atoms with Crippen LogP contribution >= 0.6 is 0 Å². The Morgan fingerprint density at radius 2 is 1.47 bits per heavy atom. The van der Waals surface area contributed by atoms with Crippen LogP contribution in [0, 0.1) is 11.7 Å². The number of esters is 1. The van der Waals surface area contributed by atoms with Gasteiger partial charge >= 0.3 is 5.97 Å². The number of anilines is 1. The van der Waals surface area contributed by atoms with Gasteiger partial charge in [-0.2, -0.15) is 0 Å². The molecule has 1 saturated heterocycles. The smallest absolute Gasteiger partial charge is 0.309 e. The highest BCUT2D eigenvalue weighted by molar-refractivity contribution is 6.04. The maximum atomic E-state index is 13.1. The monoisotopic (exact) mass is 460 g/mol. The summed E-state index contributed by atoms with van der Waals surface area (Å²) >= 11 is 0. The molecule has 0 unspecified atom stereocenters. The lowest BCUT2D eigenvalue weighted by molar-refractivity contribution is -0.151. The highest BCUT2D eigenvalue weighted by Gasteiger charge is 2.28. The largest absolute Gasteiger partial charge is 0.461 e. The number of halogens is 1. The number of rotatable bonds is 6. The first-order chi connectivity index (χ1) is 16.5. The van der Waals surface area contributed by atoms with Crippen LogP contribution in [0.3, 0.4) is 0 Å². The number of likely N-dealkylation sites (tertiary alicyclic amines) is 1. The number of ether oxygens (including phenoxy) is 1. The third-order valence-electron chi connectivity index (χ3n) is 5.84. The van der Waals surface area contributed by atoms with Crippen LogP contribution in [-0.2, 0) is 16.1 Å². The van der Waals surface area contributed by atoms with Gasteiger partial charge in [0.1, 0.15) is 12.4 Å². The number of nitrogens with one attached hydrogen (secondary N) is 1. The van der Waals surface area contributed by atoms with Crippen LogP contribution in [-0.4, -0.2) is 35.8 Å². The second-order valence-electron chi connectivity index (χ2n) is 8.20. The minimum absolute atomic E-state index is 0.119. The summed E-state index contributed by atoms with van der Waals surface area (Å²) in [5.41, 5.74) is 2.45. The molecule has 0 bridgehead atoms. The van der Waals surface area contributed by atoms with Gasteiger partial charge in [0, 0.05) is 29.9 Å². The van der Waals surface area contributed by atoms with E-state index in [0.717, 1.165) is 11.3 Å². The van der Waals surface area contributed by atoms with Gasteiger partial charge < -0.3 is 15.0 Å². The number of nitrogens with zero attached hydrogens (tertiary/aromatic N) is 1. The van der Waals surface area contributed by atoms with Crippen molar-refractivity contribution in [2.75, 3.05) is 18.4 Å². The molecule has 1 aliphatic heterocycles. The molecule has 0 saturated carbocycles. The summed E-state index contributed by atoms with van der Waals surface area (Å²) in [5.74, 6) is -1.32. The van der Waals surface area contributed by atoms with Crippen molar-refractivity contribution in [3.8, 4) is 0 Å². The van der Waals surface area contributed by atoms with Gasteiger partial charge in [0.05, 0.1) is 5.92 Å². The van der Waals surface area contributed by atoms with E-state index >= 15 is 0 Å². The van der Waals surface area contributed by atoms with E-state index in [0.29, 0.717) is 37.1 Å². The molecule has 1 heterocycles. The van der Waals surface area contributed by atoms with E-state index in [2.05, 4.69) is 5.32 Å². The fourth-order valence-electron chi connectivity index (χ4n) is 3.84. The third-order valence-corrected chi connectivity index (χ3v) is 5.84. The van der Waals surface area contributed by atoms with E-state index in [4.69, 9.17) is 4.74 Å². The molecule has 3 aromatic rings. The summed E-state index contributed by atoms with van der Waals surface area (Å²) in [6, 6.07) is 21.6. The van der Waals surface area contributed by atoms with Gasteiger partial charge in [-0.3, -0.25) is 14.4 Å². The Morgan fingerprint density at radius 3 is 2.12 bits per heavy atom. The Morgan fingerprint density at radius 1 is 0.853 bits per heavy atom. The molecule has 7 heteroatoms. The molecule has 0 aromatic heterocycles. The van der Waals surface area contributed by atoms with E-state index < -0.39 is 0 Å². The van der Waals surface area contributed by atoms with Gasteiger partial charge in [0.2, 0.25) is 0 Å². The van der Waals surface area contributed by atoms with Gasteiger partial charge in [-0.05, 0) is 66.9 Å².